The molecule has 0 amide bonds. The van der Waals surface area contributed by atoms with Crippen LogP contribution in [0.25, 0.3) is 12.2 Å². The van der Waals surface area contributed by atoms with Crippen molar-refractivity contribution in [1.82, 2.24) is 4.90 Å². The van der Waals surface area contributed by atoms with E-state index in [1.54, 1.807) is 14.2 Å². The van der Waals surface area contributed by atoms with Gasteiger partial charge in [-0.3, -0.25) is 0 Å². The minimum atomic E-state index is 0. The van der Waals surface area contributed by atoms with E-state index in [0.29, 0.717) is 0 Å². The van der Waals surface area contributed by atoms with Gasteiger partial charge in [-0.25, -0.2) is 0 Å². The van der Waals surface area contributed by atoms with E-state index in [-0.39, 0.29) is 12.4 Å². The number of halogens is 1. The van der Waals surface area contributed by atoms with Gasteiger partial charge in [-0.05, 0) is 55.9 Å². The molecule has 0 atom stereocenters. The summed E-state index contributed by atoms with van der Waals surface area (Å²) in [6.07, 6.45) is 5.12. The molecule has 26 heavy (non-hydrogen) atoms. The van der Waals surface area contributed by atoms with Crippen LogP contribution in [0, 0.1) is 0 Å². The Morgan fingerprint density at radius 3 is 1.92 bits per heavy atom. The zero-order chi connectivity index (χ0) is 18.1. The Bertz CT molecular complexity index is 662. The summed E-state index contributed by atoms with van der Waals surface area (Å²) < 4.78 is 16.3. The topological polar surface area (TPSA) is 30.9 Å². The number of ether oxygens (including phenoxy) is 3. The van der Waals surface area contributed by atoms with Gasteiger partial charge in [0.25, 0.3) is 0 Å². The van der Waals surface area contributed by atoms with E-state index in [4.69, 9.17) is 14.2 Å². The molecule has 0 fully saturated rings. The van der Waals surface area contributed by atoms with E-state index >= 15 is 0 Å². The molecule has 2 aromatic rings. The van der Waals surface area contributed by atoms with Crippen LogP contribution in [0.3, 0.4) is 0 Å². The predicted octanol–water partition coefficient (Wildman–Crippen LogP) is 4.63. The monoisotopic (exact) mass is 377 g/mol. The Morgan fingerprint density at radius 2 is 1.38 bits per heavy atom. The Kier molecular flexibility index (Phi) is 9.63. The first-order chi connectivity index (χ1) is 12.1. The molecule has 0 N–H and O–H groups in total. The first-order valence-electron chi connectivity index (χ1n) is 8.39. The van der Waals surface area contributed by atoms with Gasteiger partial charge in [0, 0.05) is 12.6 Å². The van der Waals surface area contributed by atoms with Gasteiger partial charge in [0.15, 0.2) is 0 Å². The summed E-state index contributed by atoms with van der Waals surface area (Å²) >= 11 is 0. The van der Waals surface area contributed by atoms with E-state index in [9.17, 15) is 0 Å². The van der Waals surface area contributed by atoms with Gasteiger partial charge in [-0.15, -0.1) is 12.4 Å². The highest BCUT2D eigenvalue weighted by atomic mass is 35.5. The molecular weight excluding hydrogens is 350 g/mol. The standard InChI is InChI=1S/C21H27NO3.ClH/c1-22(2)12-5-13-25-19-10-8-17(9-11-19)6-7-18-14-20(23-3)16-21(15-18)24-4;/h6-11,14-16H,5,12-13H2,1-4H3;1H/b7-6+;. The average Bonchev–Trinajstić information content (AvgIpc) is 2.64. The molecule has 0 aliphatic heterocycles. The van der Waals surface area contributed by atoms with Crippen molar-refractivity contribution < 1.29 is 14.2 Å². The van der Waals surface area contributed by atoms with Crippen LogP contribution >= 0.6 is 12.4 Å². The normalized spacial score (nSPS) is 10.7. The fourth-order valence-corrected chi connectivity index (χ4v) is 2.36. The lowest BCUT2D eigenvalue weighted by atomic mass is 10.1. The molecule has 0 aliphatic carbocycles. The van der Waals surface area contributed by atoms with Crippen molar-refractivity contribution in [3.8, 4) is 17.2 Å². The zero-order valence-electron chi connectivity index (χ0n) is 15.9. The third kappa shape index (κ3) is 7.38. The quantitative estimate of drug-likeness (QED) is 0.471. The number of methoxy groups -OCH3 is 2. The van der Waals surface area contributed by atoms with Crippen LogP contribution in [0.15, 0.2) is 42.5 Å². The maximum absolute atomic E-state index is 5.75. The van der Waals surface area contributed by atoms with Crippen LogP contribution in [0.5, 0.6) is 17.2 Å². The SMILES string of the molecule is COc1cc(/C=C/c2ccc(OCCCN(C)C)cc2)cc(OC)c1.Cl. The van der Waals surface area contributed by atoms with Crippen LogP contribution in [0.2, 0.25) is 0 Å². The fourth-order valence-electron chi connectivity index (χ4n) is 2.36. The van der Waals surface area contributed by atoms with Crippen LogP contribution in [-0.2, 0) is 0 Å². The molecule has 142 valence electrons. The molecule has 5 heteroatoms. The minimum absolute atomic E-state index is 0. The summed E-state index contributed by atoms with van der Waals surface area (Å²) in [6.45, 7) is 1.77. The Hall–Kier alpha value is -2.17. The third-order valence-electron chi connectivity index (χ3n) is 3.74. The highest BCUT2D eigenvalue weighted by molar-refractivity contribution is 5.85. The highest BCUT2D eigenvalue weighted by Crippen LogP contribution is 2.24. The fraction of sp³-hybridized carbons (Fsp3) is 0.333. The van der Waals surface area contributed by atoms with Crippen molar-refractivity contribution in [2.75, 3.05) is 41.5 Å². The van der Waals surface area contributed by atoms with Gasteiger partial charge in [-0.2, -0.15) is 0 Å². The Morgan fingerprint density at radius 1 is 0.808 bits per heavy atom. The number of rotatable bonds is 9. The summed E-state index contributed by atoms with van der Waals surface area (Å²) in [7, 11) is 7.44. The number of nitrogens with zero attached hydrogens (tertiary/aromatic N) is 1. The maximum atomic E-state index is 5.75. The summed E-state index contributed by atoms with van der Waals surface area (Å²) in [4.78, 5) is 2.16. The molecule has 2 rings (SSSR count). The van der Waals surface area contributed by atoms with Crippen molar-refractivity contribution in [2.45, 2.75) is 6.42 Å². The molecule has 0 aromatic heterocycles. The molecule has 0 radical (unpaired) electrons. The molecule has 0 bridgehead atoms. The minimum Gasteiger partial charge on any atom is -0.497 e. The zero-order valence-corrected chi connectivity index (χ0v) is 16.7. The Labute approximate surface area is 162 Å². The van der Waals surface area contributed by atoms with Crippen molar-refractivity contribution in [3.05, 3.63) is 53.6 Å². The first-order valence-corrected chi connectivity index (χ1v) is 8.39. The second-order valence-corrected chi connectivity index (χ2v) is 6.05. The third-order valence-corrected chi connectivity index (χ3v) is 3.74. The van der Waals surface area contributed by atoms with E-state index in [1.165, 1.54) is 0 Å². The molecule has 0 heterocycles. The van der Waals surface area contributed by atoms with Gasteiger partial charge in [-0.1, -0.05) is 24.3 Å². The molecule has 0 unspecified atom stereocenters. The summed E-state index contributed by atoms with van der Waals surface area (Å²) in [6, 6.07) is 13.9. The van der Waals surface area contributed by atoms with Crippen molar-refractivity contribution in [3.63, 3.8) is 0 Å². The largest absolute Gasteiger partial charge is 0.497 e. The van der Waals surface area contributed by atoms with Crippen LogP contribution in [0.4, 0.5) is 0 Å². The maximum Gasteiger partial charge on any atom is 0.123 e. The smallest absolute Gasteiger partial charge is 0.123 e. The van der Waals surface area contributed by atoms with E-state index in [1.807, 2.05) is 36.4 Å². The molecule has 0 saturated carbocycles. The van der Waals surface area contributed by atoms with Crippen LogP contribution in [-0.4, -0.2) is 46.4 Å². The lowest BCUT2D eigenvalue weighted by molar-refractivity contribution is 0.281. The molecular formula is C21H28ClNO3. The van der Waals surface area contributed by atoms with E-state index in [0.717, 1.165) is 47.9 Å². The van der Waals surface area contributed by atoms with Crippen molar-refractivity contribution >= 4 is 24.6 Å². The number of benzene rings is 2. The number of hydrogen-bond acceptors (Lipinski definition) is 4. The lowest BCUT2D eigenvalue weighted by Gasteiger charge is -2.10. The van der Waals surface area contributed by atoms with Gasteiger partial charge < -0.3 is 19.1 Å². The van der Waals surface area contributed by atoms with Gasteiger partial charge in [0.1, 0.15) is 17.2 Å². The predicted molar refractivity (Wildman–Crippen MR) is 111 cm³/mol. The first kappa shape index (κ1) is 21.9. The molecule has 2 aromatic carbocycles. The summed E-state index contributed by atoms with van der Waals surface area (Å²) in [5.41, 5.74) is 2.14. The van der Waals surface area contributed by atoms with Crippen LogP contribution < -0.4 is 14.2 Å². The van der Waals surface area contributed by atoms with E-state index < -0.39 is 0 Å². The number of hydrogen-bond donors (Lipinski definition) is 0. The van der Waals surface area contributed by atoms with Crippen molar-refractivity contribution in [2.24, 2.45) is 0 Å². The van der Waals surface area contributed by atoms with Gasteiger partial charge in [0.2, 0.25) is 0 Å². The molecule has 4 nitrogen and oxygen atoms in total. The summed E-state index contributed by atoms with van der Waals surface area (Å²) in [5, 5.41) is 0. The van der Waals surface area contributed by atoms with E-state index in [2.05, 4.69) is 37.2 Å². The van der Waals surface area contributed by atoms with Gasteiger partial charge >= 0.3 is 0 Å². The lowest BCUT2D eigenvalue weighted by Crippen LogP contribution is -2.15. The van der Waals surface area contributed by atoms with Crippen LogP contribution in [0.1, 0.15) is 17.5 Å². The Balaban J connectivity index is 0.00000338. The second-order valence-electron chi connectivity index (χ2n) is 6.05. The molecule has 0 aliphatic rings. The van der Waals surface area contributed by atoms with Gasteiger partial charge in [0.05, 0.1) is 20.8 Å². The summed E-state index contributed by atoms with van der Waals surface area (Å²) in [5.74, 6) is 2.46. The second kappa shape index (κ2) is 11.4. The molecule has 0 saturated heterocycles. The van der Waals surface area contributed by atoms with Crippen molar-refractivity contribution in [1.29, 1.82) is 0 Å². The average molecular weight is 378 g/mol. The molecule has 0 spiro atoms. The highest BCUT2D eigenvalue weighted by Gasteiger charge is 2.00.